The summed E-state index contributed by atoms with van der Waals surface area (Å²) in [5, 5.41) is 1.27. The second-order valence-electron chi connectivity index (χ2n) is 6.46. The van der Waals surface area contributed by atoms with E-state index in [9.17, 15) is 0 Å². The minimum absolute atomic E-state index is 0.0915. The molecule has 0 radical (unpaired) electrons. The van der Waals surface area contributed by atoms with Gasteiger partial charge in [0, 0.05) is 41.8 Å². The molecule has 0 spiro atoms. The highest BCUT2D eigenvalue weighted by atomic mass is 16.5. The van der Waals surface area contributed by atoms with Crippen LogP contribution in [-0.4, -0.2) is 36.1 Å². The molecule has 1 heterocycles. The number of methoxy groups -OCH3 is 1. The average molecular weight is 398 g/mol. The van der Waals surface area contributed by atoms with Gasteiger partial charge in [-0.25, -0.2) is 0 Å². The van der Waals surface area contributed by atoms with E-state index in [0.29, 0.717) is 0 Å². The number of fused-ring (bicyclic) bond motifs is 1. The topological polar surface area (TPSA) is 54.3 Å². The molecule has 0 aliphatic heterocycles. The summed E-state index contributed by atoms with van der Waals surface area (Å²) >= 11 is 0. The van der Waals surface area contributed by atoms with E-state index >= 15 is 0 Å². The van der Waals surface area contributed by atoms with Crippen molar-refractivity contribution in [3.63, 3.8) is 0 Å². The van der Waals surface area contributed by atoms with Crippen LogP contribution >= 0.6 is 0 Å². The van der Waals surface area contributed by atoms with E-state index in [1.807, 2.05) is 39.8 Å². The zero-order valence-electron chi connectivity index (χ0n) is 19.0. The molecule has 3 aromatic rings. The lowest BCUT2D eigenvalue weighted by Crippen LogP contribution is -2.38. The molecule has 0 saturated carbocycles. The largest absolute Gasteiger partial charge is 0.496 e. The molecule has 0 amide bonds. The van der Waals surface area contributed by atoms with Crippen molar-refractivity contribution >= 4 is 10.9 Å². The van der Waals surface area contributed by atoms with Gasteiger partial charge in [-0.2, -0.15) is 0 Å². The van der Waals surface area contributed by atoms with E-state index in [0.717, 1.165) is 31.8 Å². The van der Waals surface area contributed by atoms with Gasteiger partial charge < -0.3 is 15.5 Å². The molecule has 0 unspecified atom stereocenters. The number of hydrogen-bond acceptors (Lipinski definition) is 3. The number of aromatic amines is 1. The summed E-state index contributed by atoms with van der Waals surface area (Å²) in [6, 6.07) is 16.7. The third kappa shape index (κ3) is 7.22. The van der Waals surface area contributed by atoms with Crippen LogP contribution in [0.1, 0.15) is 45.7 Å². The first-order valence-electron chi connectivity index (χ1n) is 10.9. The Labute approximate surface area is 177 Å². The molecule has 160 valence electrons. The minimum atomic E-state index is 0.0915. The van der Waals surface area contributed by atoms with Crippen molar-refractivity contribution in [2.75, 3.05) is 20.2 Å². The molecule has 29 heavy (non-hydrogen) atoms. The molecular formula is C25H39N3O. The number of hydrogen-bond donors (Lipinski definition) is 2. The van der Waals surface area contributed by atoms with Crippen molar-refractivity contribution < 1.29 is 4.74 Å². The maximum atomic E-state index is 6.47. The van der Waals surface area contributed by atoms with E-state index in [1.165, 1.54) is 22.0 Å². The minimum Gasteiger partial charge on any atom is -0.496 e. The number of rotatable bonds is 8. The van der Waals surface area contributed by atoms with Crippen LogP contribution in [0, 0.1) is 0 Å². The quantitative estimate of drug-likeness (QED) is 0.518. The number of nitrogens with two attached hydrogens (primary N) is 1. The summed E-state index contributed by atoms with van der Waals surface area (Å²) in [6.45, 7) is 12.8. The molecular weight excluding hydrogens is 358 g/mol. The van der Waals surface area contributed by atoms with Crippen molar-refractivity contribution in [3.8, 4) is 5.75 Å². The van der Waals surface area contributed by atoms with E-state index in [4.69, 9.17) is 10.5 Å². The lowest BCUT2D eigenvalue weighted by atomic mass is 10.0. The van der Waals surface area contributed by atoms with Crippen LogP contribution in [-0.2, 0) is 13.0 Å². The molecule has 3 rings (SSSR count). The highest BCUT2D eigenvalue weighted by Crippen LogP contribution is 2.21. The van der Waals surface area contributed by atoms with Gasteiger partial charge in [0.05, 0.1) is 7.11 Å². The zero-order valence-corrected chi connectivity index (χ0v) is 19.0. The van der Waals surface area contributed by atoms with Gasteiger partial charge in [0.15, 0.2) is 0 Å². The Morgan fingerprint density at radius 3 is 2.31 bits per heavy atom. The van der Waals surface area contributed by atoms with Crippen LogP contribution in [0.2, 0.25) is 0 Å². The molecule has 4 nitrogen and oxygen atoms in total. The molecule has 0 aliphatic carbocycles. The molecule has 4 heteroatoms. The Balaban J connectivity index is 0.000000989. The third-order valence-corrected chi connectivity index (χ3v) is 4.68. The fourth-order valence-corrected chi connectivity index (χ4v) is 3.36. The molecule has 0 saturated heterocycles. The molecule has 3 N–H and O–H groups in total. The predicted molar refractivity (Wildman–Crippen MR) is 127 cm³/mol. The van der Waals surface area contributed by atoms with Gasteiger partial charge in [0.1, 0.15) is 5.75 Å². The van der Waals surface area contributed by atoms with E-state index in [1.54, 1.807) is 7.11 Å². The van der Waals surface area contributed by atoms with Crippen molar-refractivity contribution in [1.29, 1.82) is 0 Å². The smallest absolute Gasteiger partial charge is 0.123 e. The van der Waals surface area contributed by atoms with E-state index in [-0.39, 0.29) is 6.04 Å². The Morgan fingerprint density at radius 1 is 0.966 bits per heavy atom. The van der Waals surface area contributed by atoms with Gasteiger partial charge in [-0.15, -0.1) is 0 Å². The summed E-state index contributed by atoms with van der Waals surface area (Å²) in [5.41, 5.74) is 10.1. The molecule has 1 atom stereocenters. The summed E-state index contributed by atoms with van der Waals surface area (Å²) in [7, 11) is 1.72. The monoisotopic (exact) mass is 397 g/mol. The summed E-state index contributed by atoms with van der Waals surface area (Å²) in [6.07, 6.45) is 2.95. The van der Waals surface area contributed by atoms with Crippen LogP contribution < -0.4 is 10.5 Å². The maximum absolute atomic E-state index is 6.47. The number of nitrogens with zero attached hydrogens (tertiary/aromatic N) is 1. The Bertz CT molecular complexity index is 812. The maximum Gasteiger partial charge on any atom is 0.123 e. The Hall–Kier alpha value is -2.30. The first-order valence-corrected chi connectivity index (χ1v) is 10.9. The molecule has 0 fully saturated rings. The summed E-state index contributed by atoms with van der Waals surface area (Å²) in [4.78, 5) is 5.70. The van der Waals surface area contributed by atoms with Gasteiger partial charge in [0.2, 0.25) is 0 Å². The highest BCUT2D eigenvalue weighted by Gasteiger charge is 2.14. The number of ether oxygens (including phenoxy) is 1. The van der Waals surface area contributed by atoms with Gasteiger partial charge in [-0.05, 0) is 30.7 Å². The van der Waals surface area contributed by atoms with Gasteiger partial charge in [-0.1, -0.05) is 71.0 Å². The first-order chi connectivity index (χ1) is 14.2. The second kappa shape index (κ2) is 13.8. The molecule has 1 aromatic heterocycles. The summed E-state index contributed by atoms with van der Waals surface area (Å²) < 4.78 is 5.47. The van der Waals surface area contributed by atoms with Crippen molar-refractivity contribution in [2.24, 2.45) is 5.73 Å². The lowest BCUT2D eigenvalue weighted by Gasteiger charge is -2.25. The van der Waals surface area contributed by atoms with Crippen molar-refractivity contribution in [2.45, 2.75) is 53.6 Å². The van der Waals surface area contributed by atoms with Crippen molar-refractivity contribution in [3.05, 3.63) is 65.9 Å². The second-order valence-corrected chi connectivity index (χ2v) is 6.46. The van der Waals surface area contributed by atoms with E-state index < -0.39 is 0 Å². The molecule has 0 aliphatic rings. The standard InChI is InChI=1S/C21H27N3O.2C2H6/c1-3-24(14-16-8-4-7-11-21(16)25-2)15-18(22)12-17-13-23-20-10-6-5-9-19(17)20;2*1-2/h4-11,13,18,23H,3,12,14-15,22H2,1-2H3;2*1-2H3/t18-;;/m1../s1. The van der Waals surface area contributed by atoms with Crippen LogP contribution in [0.5, 0.6) is 5.75 Å². The number of benzene rings is 2. The highest BCUT2D eigenvalue weighted by molar-refractivity contribution is 5.83. The Morgan fingerprint density at radius 2 is 1.62 bits per heavy atom. The van der Waals surface area contributed by atoms with Gasteiger partial charge in [0.25, 0.3) is 0 Å². The third-order valence-electron chi connectivity index (χ3n) is 4.68. The van der Waals surface area contributed by atoms with Crippen LogP contribution in [0.15, 0.2) is 54.7 Å². The number of aromatic nitrogens is 1. The number of para-hydroxylation sites is 2. The molecule has 2 aromatic carbocycles. The normalized spacial score (nSPS) is 11.3. The van der Waals surface area contributed by atoms with Gasteiger partial charge in [-0.3, -0.25) is 4.90 Å². The fraction of sp³-hybridized carbons (Fsp3) is 0.440. The predicted octanol–water partition coefficient (Wildman–Crippen LogP) is 5.62. The van der Waals surface area contributed by atoms with Crippen molar-refractivity contribution in [1.82, 2.24) is 9.88 Å². The van der Waals surface area contributed by atoms with Crippen LogP contribution in [0.4, 0.5) is 0 Å². The number of nitrogens with one attached hydrogen (secondary N) is 1. The average Bonchev–Trinajstić information content (AvgIpc) is 3.19. The van der Waals surface area contributed by atoms with Crippen LogP contribution in [0.3, 0.4) is 0 Å². The lowest BCUT2D eigenvalue weighted by molar-refractivity contribution is 0.256. The number of H-pyrrole nitrogens is 1. The SMILES string of the molecule is CC.CC.CCN(Cc1ccccc1OC)C[C@H](N)Cc1c[nH]c2ccccc12. The van der Waals surface area contributed by atoms with Gasteiger partial charge >= 0.3 is 0 Å². The van der Waals surface area contributed by atoms with E-state index in [2.05, 4.69) is 59.4 Å². The zero-order chi connectivity index (χ0) is 21.6. The van der Waals surface area contributed by atoms with Crippen LogP contribution in [0.25, 0.3) is 10.9 Å². The first kappa shape index (κ1) is 24.7. The molecule has 0 bridgehead atoms. The summed E-state index contributed by atoms with van der Waals surface area (Å²) in [5.74, 6) is 0.936. The Kier molecular flexibility index (Phi) is 11.8. The number of likely N-dealkylation sites (N-methyl/N-ethyl adjacent to an activating group) is 1. The fourth-order valence-electron chi connectivity index (χ4n) is 3.36.